The number of benzene rings is 1. The molecule has 1 fully saturated rings. The van der Waals surface area contributed by atoms with Crippen molar-refractivity contribution in [3.63, 3.8) is 0 Å². The van der Waals surface area contributed by atoms with Crippen LogP contribution in [-0.2, 0) is 22.8 Å². The van der Waals surface area contributed by atoms with Crippen molar-refractivity contribution in [2.75, 3.05) is 6.54 Å². The lowest BCUT2D eigenvalue weighted by atomic mass is 9.90. The topological polar surface area (TPSA) is 94.5 Å². The lowest BCUT2D eigenvalue weighted by Gasteiger charge is -2.14. The first-order chi connectivity index (χ1) is 14.2. The number of hydrogen-bond acceptors (Lipinski definition) is 4. The number of alkyl halides is 3. The third kappa shape index (κ3) is 3.61. The lowest BCUT2D eigenvalue weighted by molar-refractivity contribution is -0.139. The molecule has 2 heterocycles. The predicted octanol–water partition coefficient (Wildman–Crippen LogP) is 3.88. The SMILES string of the molecule is CC(=O)NCCc1cc(-c2ccnc3n[nH]c(C(F)(F)F)c23)cc(C2(C#N)CC2)c1. The summed E-state index contributed by atoms with van der Waals surface area (Å²) < 4.78 is 40.6. The molecule has 154 valence electrons. The van der Waals surface area contributed by atoms with E-state index in [2.05, 4.69) is 26.6 Å². The maximum atomic E-state index is 13.5. The number of nitriles is 1. The zero-order valence-electron chi connectivity index (χ0n) is 16.1. The van der Waals surface area contributed by atoms with Gasteiger partial charge in [-0.1, -0.05) is 12.1 Å². The summed E-state index contributed by atoms with van der Waals surface area (Å²) in [5, 5.41) is 18.0. The van der Waals surface area contributed by atoms with E-state index in [1.54, 1.807) is 12.1 Å². The number of H-pyrrole nitrogens is 1. The predicted molar refractivity (Wildman–Crippen MR) is 103 cm³/mol. The largest absolute Gasteiger partial charge is 0.433 e. The van der Waals surface area contributed by atoms with Crippen molar-refractivity contribution in [1.82, 2.24) is 20.5 Å². The Kier molecular flexibility index (Phi) is 4.73. The summed E-state index contributed by atoms with van der Waals surface area (Å²) in [6.45, 7) is 1.81. The lowest BCUT2D eigenvalue weighted by Crippen LogP contribution is -2.22. The summed E-state index contributed by atoms with van der Waals surface area (Å²) in [6, 6.07) is 9.33. The van der Waals surface area contributed by atoms with Gasteiger partial charge in [0.25, 0.3) is 0 Å². The minimum Gasteiger partial charge on any atom is -0.356 e. The first-order valence-corrected chi connectivity index (χ1v) is 9.44. The van der Waals surface area contributed by atoms with E-state index < -0.39 is 17.3 Å². The zero-order chi connectivity index (χ0) is 21.5. The number of aromatic nitrogens is 3. The Bertz CT molecular complexity index is 1170. The van der Waals surface area contributed by atoms with E-state index in [1.165, 1.54) is 19.2 Å². The highest BCUT2D eigenvalue weighted by molar-refractivity contribution is 5.95. The molecule has 0 spiro atoms. The van der Waals surface area contributed by atoms with Gasteiger partial charge in [0, 0.05) is 19.7 Å². The third-order valence-electron chi connectivity index (χ3n) is 5.35. The van der Waals surface area contributed by atoms with Crippen LogP contribution in [0.5, 0.6) is 0 Å². The number of hydrogen-bond donors (Lipinski definition) is 2. The van der Waals surface area contributed by atoms with Crippen molar-refractivity contribution in [2.24, 2.45) is 0 Å². The van der Waals surface area contributed by atoms with Gasteiger partial charge in [-0.15, -0.1) is 0 Å². The second-order valence-electron chi connectivity index (χ2n) is 7.50. The number of halogens is 3. The minimum absolute atomic E-state index is 0.0218. The molecule has 2 N–H and O–H groups in total. The molecule has 1 aromatic carbocycles. The molecule has 0 saturated heterocycles. The van der Waals surface area contributed by atoms with Crippen LogP contribution in [0.15, 0.2) is 30.5 Å². The number of fused-ring (bicyclic) bond motifs is 1. The Morgan fingerprint density at radius 1 is 1.33 bits per heavy atom. The van der Waals surface area contributed by atoms with E-state index in [1.807, 2.05) is 6.07 Å². The number of aromatic amines is 1. The highest BCUT2D eigenvalue weighted by atomic mass is 19.4. The summed E-state index contributed by atoms with van der Waals surface area (Å²) in [7, 11) is 0. The molecule has 9 heteroatoms. The first kappa shape index (κ1) is 19.9. The van der Waals surface area contributed by atoms with Crippen LogP contribution < -0.4 is 5.32 Å². The average Bonchev–Trinajstić information content (AvgIpc) is 3.37. The molecule has 1 amide bonds. The van der Waals surface area contributed by atoms with Crippen molar-refractivity contribution >= 4 is 16.9 Å². The number of nitrogens with one attached hydrogen (secondary N) is 2. The molecule has 1 aliphatic carbocycles. The van der Waals surface area contributed by atoms with Crippen molar-refractivity contribution in [1.29, 1.82) is 5.26 Å². The fourth-order valence-corrected chi connectivity index (χ4v) is 3.63. The molecule has 0 bridgehead atoms. The molecule has 0 aliphatic heterocycles. The van der Waals surface area contributed by atoms with Crippen LogP contribution >= 0.6 is 0 Å². The van der Waals surface area contributed by atoms with Gasteiger partial charge in [-0.05, 0) is 53.6 Å². The second-order valence-corrected chi connectivity index (χ2v) is 7.50. The molecule has 4 rings (SSSR count). The molecule has 0 unspecified atom stereocenters. The summed E-state index contributed by atoms with van der Waals surface area (Å²) in [4.78, 5) is 15.1. The van der Waals surface area contributed by atoms with E-state index in [9.17, 15) is 23.2 Å². The molecule has 1 saturated carbocycles. The fraction of sp³-hybridized carbons (Fsp3) is 0.333. The number of amides is 1. The minimum atomic E-state index is -4.61. The van der Waals surface area contributed by atoms with Gasteiger partial charge in [-0.3, -0.25) is 9.89 Å². The summed E-state index contributed by atoms with van der Waals surface area (Å²) in [6.07, 6.45) is -1.28. The number of nitrogens with zero attached hydrogens (tertiary/aromatic N) is 3. The Labute approximate surface area is 170 Å². The first-order valence-electron chi connectivity index (χ1n) is 9.44. The van der Waals surface area contributed by atoms with Crippen molar-refractivity contribution in [3.05, 3.63) is 47.3 Å². The smallest absolute Gasteiger partial charge is 0.356 e. The molecule has 0 atom stereocenters. The zero-order valence-corrected chi connectivity index (χ0v) is 16.1. The summed E-state index contributed by atoms with van der Waals surface area (Å²) >= 11 is 0. The highest BCUT2D eigenvalue weighted by Crippen LogP contribution is 2.49. The van der Waals surface area contributed by atoms with Crippen molar-refractivity contribution in [3.8, 4) is 17.2 Å². The molecular formula is C21H18F3N5O. The second kappa shape index (κ2) is 7.13. The van der Waals surface area contributed by atoms with Crippen LogP contribution in [0.1, 0.15) is 36.6 Å². The van der Waals surface area contributed by atoms with Crippen LogP contribution in [0.2, 0.25) is 0 Å². The molecule has 0 radical (unpaired) electrons. The molecule has 2 aromatic heterocycles. The maximum absolute atomic E-state index is 13.5. The Hall–Kier alpha value is -3.41. The average molecular weight is 413 g/mol. The Balaban J connectivity index is 1.86. The normalized spacial score (nSPS) is 15.0. The van der Waals surface area contributed by atoms with Gasteiger partial charge in [-0.2, -0.15) is 23.5 Å². The fourth-order valence-electron chi connectivity index (χ4n) is 3.63. The number of pyridine rings is 1. The highest BCUT2D eigenvalue weighted by Gasteiger charge is 2.45. The van der Waals surface area contributed by atoms with Crippen molar-refractivity contribution in [2.45, 2.75) is 37.8 Å². The molecule has 1 aliphatic rings. The van der Waals surface area contributed by atoms with E-state index in [0.717, 1.165) is 11.1 Å². The summed E-state index contributed by atoms with van der Waals surface area (Å²) in [5.74, 6) is -0.161. The Morgan fingerprint density at radius 2 is 2.10 bits per heavy atom. The van der Waals surface area contributed by atoms with Gasteiger partial charge < -0.3 is 5.32 Å². The maximum Gasteiger partial charge on any atom is 0.433 e. The van der Waals surface area contributed by atoms with E-state index in [4.69, 9.17) is 0 Å². The quantitative estimate of drug-likeness (QED) is 0.664. The van der Waals surface area contributed by atoms with Crippen LogP contribution in [0.4, 0.5) is 13.2 Å². The van der Waals surface area contributed by atoms with Gasteiger partial charge in [0.05, 0.1) is 16.9 Å². The van der Waals surface area contributed by atoms with Gasteiger partial charge in [0.1, 0.15) is 5.69 Å². The molecular weight excluding hydrogens is 395 g/mol. The van der Waals surface area contributed by atoms with Crippen LogP contribution in [-0.4, -0.2) is 27.6 Å². The van der Waals surface area contributed by atoms with Gasteiger partial charge in [-0.25, -0.2) is 4.98 Å². The van der Waals surface area contributed by atoms with E-state index in [0.29, 0.717) is 36.9 Å². The van der Waals surface area contributed by atoms with Gasteiger partial charge in [0.2, 0.25) is 5.91 Å². The van der Waals surface area contributed by atoms with Gasteiger partial charge >= 0.3 is 6.18 Å². The molecule has 3 aromatic rings. The van der Waals surface area contributed by atoms with Crippen molar-refractivity contribution < 1.29 is 18.0 Å². The number of carbonyl (C=O) groups is 1. The monoisotopic (exact) mass is 413 g/mol. The van der Waals surface area contributed by atoms with Crippen LogP contribution in [0.25, 0.3) is 22.2 Å². The Morgan fingerprint density at radius 3 is 2.73 bits per heavy atom. The molecule has 6 nitrogen and oxygen atoms in total. The third-order valence-corrected chi connectivity index (χ3v) is 5.35. The standard InChI is InChI=1S/C21H18F3N5O/c1-12(30)26-6-2-13-8-14(10-15(9-13)20(11-25)4-5-20)16-3-7-27-19-17(16)18(28-29-19)21(22,23)24/h3,7-10H,2,4-6H2,1H3,(H,26,30)(H,27,28,29). The van der Waals surface area contributed by atoms with E-state index >= 15 is 0 Å². The summed E-state index contributed by atoms with van der Waals surface area (Å²) in [5.41, 5.74) is 0.943. The molecule has 30 heavy (non-hydrogen) atoms. The number of rotatable bonds is 5. The van der Waals surface area contributed by atoms with E-state index in [-0.39, 0.29) is 16.9 Å². The number of carbonyl (C=O) groups excluding carboxylic acids is 1. The van der Waals surface area contributed by atoms with Gasteiger partial charge in [0.15, 0.2) is 5.65 Å². The van der Waals surface area contributed by atoms with Crippen LogP contribution in [0, 0.1) is 11.3 Å². The van der Waals surface area contributed by atoms with Crippen LogP contribution in [0.3, 0.4) is 0 Å².